The van der Waals surface area contributed by atoms with E-state index in [0.29, 0.717) is 12.5 Å². The highest BCUT2D eigenvalue weighted by molar-refractivity contribution is 5.86. The molecular formula is C22H21N3O. The summed E-state index contributed by atoms with van der Waals surface area (Å²) >= 11 is 0. The Morgan fingerprint density at radius 2 is 2.00 bits per heavy atom. The largest absolute Gasteiger partial charge is 0.332 e. The number of aryl methyl sites for hydroxylation is 1. The molecule has 2 atom stereocenters. The Hall–Kier alpha value is -2.75. The maximum absolute atomic E-state index is 13.1. The molecule has 2 aromatic carbocycles. The highest BCUT2D eigenvalue weighted by Gasteiger charge is 2.42. The van der Waals surface area contributed by atoms with Gasteiger partial charge in [-0.25, -0.2) is 9.97 Å². The number of benzene rings is 2. The molecule has 1 fully saturated rings. The van der Waals surface area contributed by atoms with Crippen molar-refractivity contribution in [3.8, 4) is 0 Å². The number of amides is 1. The Morgan fingerprint density at radius 3 is 2.96 bits per heavy atom. The number of carbonyl (C=O) groups excluding carboxylic acids is 1. The van der Waals surface area contributed by atoms with Crippen molar-refractivity contribution in [2.45, 2.75) is 44.2 Å². The zero-order valence-corrected chi connectivity index (χ0v) is 14.6. The van der Waals surface area contributed by atoms with Gasteiger partial charge in [-0.15, -0.1) is 0 Å². The Labute approximate surface area is 152 Å². The van der Waals surface area contributed by atoms with E-state index in [-0.39, 0.29) is 11.9 Å². The van der Waals surface area contributed by atoms with Gasteiger partial charge in [-0.05, 0) is 35.6 Å². The fourth-order valence-electron chi connectivity index (χ4n) is 4.69. The minimum absolute atomic E-state index is 0.171. The topological polar surface area (TPSA) is 46.1 Å². The van der Waals surface area contributed by atoms with E-state index < -0.39 is 0 Å². The minimum Gasteiger partial charge on any atom is -0.332 e. The maximum atomic E-state index is 13.1. The van der Waals surface area contributed by atoms with E-state index in [4.69, 9.17) is 0 Å². The first-order valence-corrected chi connectivity index (χ1v) is 9.38. The SMILES string of the molecule is O=C(CCc1cccc2ccccc12)N1C2CCC1c1cncnc1C2. The summed E-state index contributed by atoms with van der Waals surface area (Å²) in [6.07, 6.45) is 7.84. The Morgan fingerprint density at radius 1 is 1.12 bits per heavy atom. The summed E-state index contributed by atoms with van der Waals surface area (Å²) < 4.78 is 0. The molecule has 0 radical (unpaired) electrons. The third kappa shape index (κ3) is 2.48. The van der Waals surface area contributed by atoms with E-state index >= 15 is 0 Å². The number of hydrogen-bond acceptors (Lipinski definition) is 3. The van der Waals surface area contributed by atoms with Crippen LogP contribution in [-0.4, -0.2) is 26.8 Å². The molecule has 2 bridgehead atoms. The molecule has 130 valence electrons. The molecule has 1 saturated heterocycles. The van der Waals surface area contributed by atoms with Crippen LogP contribution in [0.15, 0.2) is 55.0 Å². The fourth-order valence-corrected chi connectivity index (χ4v) is 4.69. The highest BCUT2D eigenvalue weighted by Crippen LogP contribution is 2.43. The third-order valence-corrected chi connectivity index (χ3v) is 5.89. The third-order valence-electron chi connectivity index (χ3n) is 5.89. The van der Waals surface area contributed by atoms with Crippen molar-refractivity contribution in [1.29, 1.82) is 0 Å². The summed E-state index contributed by atoms with van der Waals surface area (Å²) in [5.74, 6) is 0.264. The zero-order chi connectivity index (χ0) is 17.5. The molecule has 0 aliphatic carbocycles. The van der Waals surface area contributed by atoms with Crippen LogP contribution in [-0.2, 0) is 17.6 Å². The van der Waals surface area contributed by atoms with Gasteiger partial charge in [0.25, 0.3) is 0 Å². The molecule has 1 amide bonds. The van der Waals surface area contributed by atoms with Crippen LogP contribution in [0, 0.1) is 0 Å². The predicted molar refractivity (Wildman–Crippen MR) is 101 cm³/mol. The van der Waals surface area contributed by atoms with Crippen molar-refractivity contribution in [3.63, 3.8) is 0 Å². The van der Waals surface area contributed by atoms with Gasteiger partial charge in [0, 0.05) is 30.6 Å². The highest BCUT2D eigenvalue weighted by atomic mass is 16.2. The number of carbonyl (C=O) groups is 1. The molecule has 26 heavy (non-hydrogen) atoms. The van der Waals surface area contributed by atoms with Crippen LogP contribution in [0.1, 0.15) is 42.1 Å². The van der Waals surface area contributed by atoms with Crippen molar-refractivity contribution in [2.75, 3.05) is 0 Å². The Balaban J connectivity index is 1.37. The van der Waals surface area contributed by atoms with E-state index in [2.05, 4.69) is 57.3 Å². The van der Waals surface area contributed by atoms with E-state index in [1.165, 1.54) is 16.3 Å². The number of nitrogens with zero attached hydrogens (tertiary/aromatic N) is 3. The molecule has 4 heteroatoms. The van der Waals surface area contributed by atoms with Crippen molar-refractivity contribution in [1.82, 2.24) is 14.9 Å². The average molecular weight is 343 g/mol. The lowest BCUT2D eigenvalue weighted by Gasteiger charge is -2.35. The Bertz CT molecular complexity index is 979. The van der Waals surface area contributed by atoms with Gasteiger partial charge >= 0.3 is 0 Å². The number of hydrogen-bond donors (Lipinski definition) is 0. The molecule has 4 nitrogen and oxygen atoms in total. The lowest BCUT2D eigenvalue weighted by atomic mass is 9.97. The number of fused-ring (bicyclic) bond motifs is 5. The standard InChI is InChI=1S/C22H21N3O/c26-22(11-8-16-6-3-5-15-4-1-2-7-18(15)16)25-17-9-10-21(25)19-13-23-14-24-20(19)12-17/h1-7,13-14,17,21H,8-12H2. The van der Waals surface area contributed by atoms with E-state index in [0.717, 1.165) is 36.9 Å². The van der Waals surface area contributed by atoms with Gasteiger partial charge < -0.3 is 4.90 Å². The predicted octanol–water partition coefficient (Wildman–Crippen LogP) is 3.85. The molecule has 1 aromatic heterocycles. The lowest BCUT2D eigenvalue weighted by Crippen LogP contribution is -2.42. The van der Waals surface area contributed by atoms with Gasteiger partial charge in [0.15, 0.2) is 0 Å². The van der Waals surface area contributed by atoms with Gasteiger partial charge in [-0.1, -0.05) is 42.5 Å². The summed E-state index contributed by atoms with van der Waals surface area (Å²) in [5, 5.41) is 2.49. The van der Waals surface area contributed by atoms with Gasteiger partial charge in [0.1, 0.15) is 6.33 Å². The van der Waals surface area contributed by atoms with Crippen LogP contribution in [0.5, 0.6) is 0 Å². The van der Waals surface area contributed by atoms with E-state index in [1.54, 1.807) is 6.33 Å². The van der Waals surface area contributed by atoms with E-state index in [1.807, 2.05) is 6.20 Å². The molecule has 2 unspecified atom stereocenters. The van der Waals surface area contributed by atoms with Gasteiger partial charge in [0.05, 0.1) is 11.7 Å². The average Bonchev–Trinajstić information content (AvgIpc) is 3.01. The summed E-state index contributed by atoms with van der Waals surface area (Å²) in [4.78, 5) is 23.8. The fraction of sp³-hybridized carbons (Fsp3) is 0.318. The minimum atomic E-state index is 0.171. The second-order valence-corrected chi connectivity index (χ2v) is 7.32. The molecule has 5 rings (SSSR count). The van der Waals surface area contributed by atoms with E-state index in [9.17, 15) is 4.79 Å². The first-order valence-electron chi connectivity index (χ1n) is 9.38. The summed E-state index contributed by atoms with van der Waals surface area (Å²) in [5.41, 5.74) is 3.54. The molecule has 2 aliphatic rings. The van der Waals surface area contributed by atoms with Crippen LogP contribution in [0.3, 0.4) is 0 Å². The molecular weight excluding hydrogens is 322 g/mol. The smallest absolute Gasteiger partial charge is 0.223 e. The van der Waals surface area contributed by atoms with Crippen molar-refractivity contribution in [2.24, 2.45) is 0 Å². The first-order chi connectivity index (χ1) is 12.8. The van der Waals surface area contributed by atoms with Crippen LogP contribution in [0.4, 0.5) is 0 Å². The summed E-state index contributed by atoms with van der Waals surface area (Å²) in [6, 6.07) is 15.2. The quantitative estimate of drug-likeness (QED) is 0.726. The van der Waals surface area contributed by atoms with Crippen LogP contribution >= 0.6 is 0 Å². The molecule has 3 heterocycles. The van der Waals surface area contributed by atoms with Gasteiger partial charge in [-0.3, -0.25) is 4.79 Å². The second kappa shape index (κ2) is 6.20. The van der Waals surface area contributed by atoms with Gasteiger partial charge in [-0.2, -0.15) is 0 Å². The molecule has 0 N–H and O–H groups in total. The zero-order valence-electron chi connectivity index (χ0n) is 14.6. The van der Waals surface area contributed by atoms with Crippen LogP contribution < -0.4 is 0 Å². The second-order valence-electron chi connectivity index (χ2n) is 7.32. The van der Waals surface area contributed by atoms with Crippen molar-refractivity contribution < 1.29 is 4.79 Å². The normalized spacial score (nSPS) is 21.0. The molecule has 0 spiro atoms. The number of rotatable bonds is 3. The Kier molecular flexibility index (Phi) is 3.70. The van der Waals surface area contributed by atoms with Gasteiger partial charge in [0.2, 0.25) is 5.91 Å². The summed E-state index contributed by atoms with van der Waals surface area (Å²) in [7, 11) is 0. The molecule has 3 aromatic rings. The van der Waals surface area contributed by atoms with Crippen molar-refractivity contribution >= 4 is 16.7 Å². The lowest BCUT2D eigenvalue weighted by molar-refractivity contribution is -0.134. The maximum Gasteiger partial charge on any atom is 0.223 e. The molecule has 0 saturated carbocycles. The van der Waals surface area contributed by atoms with Crippen LogP contribution in [0.25, 0.3) is 10.8 Å². The summed E-state index contributed by atoms with van der Waals surface area (Å²) in [6.45, 7) is 0. The van der Waals surface area contributed by atoms with Crippen molar-refractivity contribution in [3.05, 3.63) is 71.8 Å². The van der Waals surface area contributed by atoms with Crippen LogP contribution in [0.2, 0.25) is 0 Å². The molecule has 2 aliphatic heterocycles. The number of aromatic nitrogens is 2. The first kappa shape index (κ1) is 15.5. The monoisotopic (exact) mass is 343 g/mol.